The third-order valence-electron chi connectivity index (χ3n) is 4.34. The Labute approximate surface area is 137 Å². The van der Waals surface area contributed by atoms with Crippen LogP contribution in [0.3, 0.4) is 0 Å². The predicted octanol–water partition coefficient (Wildman–Crippen LogP) is 2.05. The van der Waals surface area contributed by atoms with Crippen molar-refractivity contribution >= 4 is 27.4 Å². The lowest BCUT2D eigenvalue weighted by Crippen LogP contribution is -2.49. The van der Waals surface area contributed by atoms with Gasteiger partial charge in [0.1, 0.15) is 0 Å². The molecule has 2 saturated heterocycles. The number of aromatic nitrogens is 1. The molecule has 22 heavy (non-hydrogen) atoms. The molecule has 0 N–H and O–H groups in total. The molecule has 120 valence electrons. The number of hydrogen-bond donors (Lipinski definition) is 0. The molecule has 2 aliphatic rings. The highest BCUT2D eigenvalue weighted by Gasteiger charge is 2.29. The van der Waals surface area contributed by atoms with Crippen molar-refractivity contribution in [3.05, 3.63) is 26.9 Å². The molecule has 1 aromatic rings. The fourth-order valence-corrected chi connectivity index (χ4v) is 3.50. The number of nitrogens with zero attached hydrogens (tertiary/aromatic N) is 4. The van der Waals surface area contributed by atoms with Crippen LogP contribution >= 0.6 is 15.9 Å². The Morgan fingerprint density at radius 1 is 1.27 bits per heavy atom. The van der Waals surface area contributed by atoms with Gasteiger partial charge in [0.25, 0.3) is 0 Å². The molecule has 0 aromatic carbocycles. The molecular formula is C14H19BrN4O3. The zero-order valence-corrected chi connectivity index (χ0v) is 13.9. The van der Waals surface area contributed by atoms with E-state index in [4.69, 9.17) is 4.74 Å². The van der Waals surface area contributed by atoms with Gasteiger partial charge in [-0.25, -0.2) is 4.98 Å². The van der Waals surface area contributed by atoms with Crippen molar-refractivity contribution in [3.63, 3.8) is 0 Å². The highest BCUT2D eigenvalue weighted by atomic mass is 79.9. The first-order valence-corrected chi connectivity index (χ1v) is 8.31. The van der Waals surface area contributed by atoms with Crippen molar-refractivity contribution < 1.29 is 9.66 Å². The lowest BCUT2D eigenvalue weighted by Gasteiger charge is -2.40. The van der Waals surface area contributed by atoms with E-state index in [-0.39, 0.29) is 10.6 Å². The Morgan fingerprint density at radius 2 is 1.95 bits per heavy atom. The molecule has 0 atom stereocenters. The van der Waals surface area contributed by atoms with Gasteiger partial charge in [0, 0.05) is 49.0 Å². The molecule has 7 nitrogen and oxygen atoms in total. The van der Waals surface area contributed by atoms with E-state index in [9.17, 15) is 10.1 Å². The molecule has 0 radical (unpaired) electrons. The van der Waals surface area contributed by atoms with Gasteiger partial charge in [-0.1, -0.05) is 0 Å². The molecule has 1 aromatic heterocycles. The standard InChI is InChI=1S/C14H19BrN4O3/c15-11-9-13(19(20)21)14(16-10-11)18-3-1-12(2-4-18)17-5-7-22-8-6-17/h9-10,12H,1-8H2. The van der Waals surface area contributed by atoms with Crippen molar-refractivity contribution in [2.45, 2.75) is 18.9 Å². The van der Waals surface area contributed by atoms with Gasteiger partial charge in [-0.2, -0.15) is 0 Å². The van der Waals surface area contributed by atoms with Gasteiger partial charge < -0.3 is 9.64 Å². The number of nitro groups is 1. The molecule has 0 amide bonds. The zero-order chi connectivity index (χ0) is 15.5. The summed E-state index contributed by atoms with van der Waals surface area (Å²) in [5.41, 5.74) is 0.0687. The third kappa shape index (κ3) is 3.39. The summed E-state index contributed by atoms with van der Waals surface area (Å²) < 4.78 is 6.02. The van der Waals surface area contributed by atoms with Gasteiger partial charge >= 0.3 is 5.69 Å². The Bertz CT molecular complexity index is 543. The maximum Gasteiger partial charge on any atom is 0.312 e. The quantitative estimate of drug-likeness (QED) is 0.598. The number of rotatable bonds is 3. The summed E-state index contributed by atoms with van der Waals surface area (Å²) in [7, 11) is 0. The number of anilines is 1. The van der Waals surface area contributed by atoms with Crippen LogP contribution in [0.2, 0.25) is 0 Å². The first kappa shape index (κ1) is 15.6. The van der Waals surface area contributed by atoms with Crippen LogP contribution in [0.25, 0.3) is 0 Å². The van der Waals surface area contributed by atoms with Gasteiger partial charge in [0.2, 0.25) is 5.82 Å². The van der Waals surface area contributed by atoms with Crippen LogP contribution in [0.4, 0.5) is 11.5 Å². The van der Waals surface area contributed by atoms with E-state index in [1.54, 1.807) is 6.20 Å². The molecule has 3 rings (SSSR count). The molecule has 0 aliphatic carbocycles. The van der Waals surface area contributed by atoms with Crippen LogP contribution < -0.4 is 4.90 Å². The Morgan fingerprint density at radius 3 is 2.59 bits per heavy atom. The lowest BCUT2D eigenvalue weighted by atomic mass is 10.0. The predicted molar refractivity (Wildman–Crippen MR) is 86.2 cm³/mol. The average molecular weight is 371 g/mol. The van der Waals surface area contributed by atoms with Gasteiger partial charge in [0.05, 0.1) is 18.1 Å². The number of hydrogen-bond acceptors (Lipinski definition) is 6. The topological polar surface area (TPSA) is 71.7 Å². The van der Waals surface area contributed by atoms with Crippen LogP contribution in [0.15, 0.2) is 16.7 Å². The van der Waals surface area contributed by atoms with E-state index < -0.39 is 0 Å². The van der Waals surface area contributed by atoms with E-state index in [1.165, 1.54) is 6.07 Å². The number of pyridine rings is 1. The molecule has 0 spiro atoms. The van der Waals surface area contributed by atoms with Crippen molar-refractivity contribution in [1.29, 1.82) is 0 Å². The largest absolute Gasteiger partial charge is 0.379 e. The SMILES string of the molecule is O=[N+]([O-])c1cc(Br)cnc1N1CCC(N2CCOCC2)CC1. The van der Waals surface area contributed by atoms with Gasteiger partial charge in [-0.05, 0) is 28.8 Å². The first-order valence-electron chi connectivity index (χ1n) is 7.52. The molecule has 0 saturated carbocycles. The first-order chi connectivity index (χ1) is 10.6. The molecule has 3 heterocycles. The zero-order valence-electron chi connectivity index (χ0n) is 12.3. The van der Waals surface area contributed by atoms with E-state index in [2.05, 4.69) is 25.8 Å². The summed E-state index contributed by atoms with van der Waals surface area (Å²) in [5, 5.41) is 11.2. The van der Waals surface area contributed by atoms with Crippen LogP contribution in [-0.2, 0) is 4.74 Å². The maximum atomic E-state index is 11.2. The molecule has 0 unspecified atom stereocenters. The summed E-state index contributed by atoms with van der Waals surface area (Å²) in [6, 6.07) is 2.07. The number of morpholine rings is 1. The van der Waals surface area contributed by atoms with E-state index in [1.807, 2.05) is 4.90 Å². The average Bonchev–Trinajstić information content (AvgIpc) is 2.56. The van der Waals surface area contributed by atoms with Crippen molar-refractivity contribution in [2.24, 2.45) is 0 Å². The van der Waals surface area contributed by atoms with Gasteiger partial charge in [0.15, 0.2) is 0 Å². The Balaban J connectivity index is 1.67. The van der Waals surface area contributed by atoms with E-state index in [0.29, 0.717) is 16.3 Å². The van der Waals surface area contributed by atoms with E-state index >= 15 is 0 Å². The summed E-state index contributed by atoms with van der Waals surface area (Å²) in [5.74, 6) is 0.480. The fourth-order valence-electron chi connectivity index (χ4n) is 3.18. The molecule has 2 aliphatic heterocycles. The van der Waals surface area contributed by atoms with Crippen LogP contribution in [0.1, 0.15) is 12.8 Å². The smallest absolute Gasteiger partial charge is 0.312 e. The monoisotopic (exact) mass is 370 g/mol. The van der Waals surface area contributed by atoms with Crippen LogP contribution in [0.5, 0.6) is 0 Å². The molecule has 2 fully saturated rings. The van der Waals surface area contributed by atoms with Crippen LogP contribution in [0, 0.1) is 10.1 Å². The minimum atomic E-state index is -0.360. The molecule has 8 heteroatoms. The number of ether oxygens (including phenoxy) is 1. The Hall–Kier alpha value is -1.25. The second-order valence-corrected chi connectivity index (χ2v) is 6.54. The maximum absolute atomic E-state index is 11.2. The summed E-state index contributed by atoms with van der Waals surface area (Å²) in [4.78, 5) is 19.6. The number of halogens is 1. The summed E-state index contributed by atoms with van der Waals surface area (Å²) in [6.07, 6.45) is 3.64. The molecule has 0 bridgehead atoms. The van der Waals surface area contributed by atoms with Crippen molar-refractivity contribution in [3.8, 4) is 0 Å². The number of piperidine rings is 1. The van der Waals surface area contributed by atoms with Gasteiger partial charge in [-0.15, -0.1) is 0 Å². The van der Waals surface area contributed by atoms with Crippen molar-refractivity contribution in [1.82, 2.24) is 9.88 Å². The second kappa shape index (κ2) is 6.89. The summed E-state index contributed by atoms with van der Waals surface area (Å²) >= 11 is 3.25. The van der Waals surface area contributed by atoms with E-state index in [0.717, 1.165) is 52.2 Å². The normalized spacial score (nSPS) is 21.0. The Kier molecular flexibility index (Phi) is 4.90. The third-order valence-corrected chi connectivity index (χ3v) is 4.77. The molecular weight excluding hydrogens is 352 g/mol. The lowest BCUT2D eigenvalue weighted by molar-refractivity contribution is -0.384. The van der Waals surface area contributed by atoms with Crippen LogP contribution in [-0.4, -0.2) is 60.2 Å². The highest BCUT2D eigenvalue weighted by molar-refractivity contribution is 9.10. The highest BCUT2D eigenvalue weighted by Crippen LogP contribution is 2.31. The van der Waals surface area contributed by atoms with Gasteiger partial charge in [-0.3, -0.25) is 15.0 Å². The minimum Gasteiger partial charge on any atom is -0.379 e. The summed E-state index contributed by atoms with van der Waals surface area (Å²) in [6.45, 7) is 5.19. The second-order valence-electron chi connectivity index (χ2n) is 5.62. The minimum absolute atomic E-state index is 0.0687. The fraction of sp³-hybridized carbons (Fsp3) is 0.643. The van der Waals surface area contributed by atoms with Crippen molar-refractivity contribution in [2.75, 3.05) is 44.3 Å².